The van der Waals surface area contributed by atoms with E-state index in [9.17, 15) is 0 Å². The van der Waals surface area contributed by atoms with E-state index in [-0.39, 0.29) is 0 Å². The second kappa shape index (κ2) is 2.88. The van der Waals surface area contributed by atoms with Gasteiger partial charge in [0.25, 0.3) is 0 Å². The standard InChI is InChI=1S/C2H2Cl2S/c3-1-2(4)5/h1,5H/b2-1+. The first-order valence-electron chi connectivity index (χ1n) is 0.919. The third-order valence-corrected chi connectivity index (χ3v) is 0.810. The first-order valence-corrected chi connectivity index (χ1v) is 2.18. The topological polar surface area (TPSA) is 0 Å². The number of hydrogen-bond acceptors (Lipinski definition) is 1. The highest BCUT2D eigenvalue weighted by atomic mass is 35.5. The number of thiol groups is 1. The van der Waals surface area contributed by atoms with Gasteiger partial charge in [-0.1, -0.05) is 23.2 Å². The molecule has 0 bridgehead atoms. The van der Waals surface area contributed by atoms with E-state index in [1.807, 2.05) is 0 Å². The van der Waals surface area contributed by atoms with Crippen LogP contribution in [0.25, 0.3) is 0 Å². The van der Waals surface area contributed by atoms with Crippen LogP contribution < -0.4 is 0 Å². The van der Waals surface area contributed by atoms with E-state index >= 15 is 0 Å². The minimum atomic E-state index is 0.312. The summed E-state index contributed by atoms with van der Waals surface area (Å²) in [5.41, 5.74) is 1.19. The van der Waals surface area contributed by atoms with Gasteiger partial charge in [-0.3, -0.25) is 0 Å². The Morgan fingerprint density at radius 2 is 2.00 bits per heavy atom. The van der Waals surface area contributed by atoms with Crippen LogP contribution in [0.4, 0.5) is 0 Å². The smallest absolute Gasteiger partial charge is 0.0817 e. The number of rotatable bonds is 0. The molecule has 0 atom stereocenters. The molecule has 5 heavy (non-hydrogen) atoms. The Hall–Kier alpha value is 0.670. The van der Waals surface area contributed by atoms with Crippen molar-refractivity contribution in [3.8, 4) is 0 Å². The summed E-state index contributed by atoms with van der Waals surface area (Å²) in [4.78, 5) is 0. The summed E-state index contributed by atoms with van der Waals surface area (Å²) < 4.78 is 0.312. The summed E-state index contributed by atoms with van der Waals surface area (Å²) in [5.74, 6) is 0. The Balaban J connectivity index is 3.14. The van der Waals surface area contributed by atoms with Crippen LogP contribution in [0.15, 0.2) is 9.90 Å². The molecule has 0 radical (unpaired) electrons. The van der Waals surface area contributed by atoms with Crippen molar-refractivity contribution in [2.75, 3.05) is 0 Å². The lowest BCUT2D eigenvalue weighted by atomic mass is 11.2. The van der Waals surface area contributed by atoms with Gasteiger partial charge in [-0.05, 0) is 0 Å². The highest BCUT2D eigenvalue weighted by Crippen LogP contribution is 2.05. The Bertz CT molecular complexity index is 45.6. The Kier molecular flexibility index (Phi) is 3.27. The van der Waals surface area contributed by atoms with Crippen molar-refractivity contribution in [3.05, 3.63) is 9.90 Å². The van der Waals surface area contributed by atoms with Gasteiger partial charge in [-0.25, -0.2) is 0 Å². The maximum atomic E-state index is 5.06. The molecule has 0 aromatic rings. The van der Waals surface area contributed by atoms with Gasteiger partial charge in [0.15, 0.2) is 0 Å². The summed E-state index contributed by atoms with van der Waals surface area (Å²) in [6.07, 6.45) is 0. The van der Waals surface area contributed by atoms with E-state index in [1.165, 1.54) is 5.54 Å². The van der Waals surface area contributed by atoms with Gasteiger partial charge in [-0.2, -0.15) is 0 Å². The molecule has 0 saturated carbocycles. The largest absolute Gasteiger partial charge is 0.130 e. The van der Waals surface area contributed by atoms with Crippen LogP contribution in [0.2, 0.25) is 0 Å². The molecule has 0 rings (SSSR count). The van der Waals surface area contributed by atoms with Gasteiger partial charge in [0.1, 0.15) is 0 Å². The minimum Gasteiger partial charge on any atom is -0.130 e. The zero-order valence-corrected chi connectivity index (χ0v) is 4.69. The van der Waals surface area contributed by atoms with Gasteiger partial charge in [-0.15, -0.1) is 12.6 Å². The SMILES string of the molecule is S/C(Cl)=C/Cl. The molecule has 0 aromatic carbocycles. The highest BCUT2D eigenvalue weighted by molar-refractivity contribution is 7.86. The summed E-state index contributed by atoms with van der Waals surface area (Å²) >= 11 is 13.6. The van der Waals surface area contributed by atoms with Crippen molar-refractivity contribution in [3.63, 3.8) is 0 Å². The van der Waals surface area contributed by atoms with Crippen LogP contribution >= 0.6 is 35.8 Å². The van der Waals surface area contributed by atoms with Crippen LogP contribution in [0.5, 0.6) is 0 Å². The van der Waals surface area contributed by atoms with Crippen LogP contribution in [-0.4, -0.2) is 0 Å². The van der Waals surface area contributed by atoms with Crippen molar-refractivity contribution >= 4 is 35.8 Å². The van der Waals surface area contributed by atoms with Crippen LogP contribution in [0.3, 0.4) is 0 Å². The molecular weight excluding hydrogens is 127 g/mol. The molecule has 3 heteroatoms. The molecular formula is C2H2Cl2S. The first kappa shape index (κ1) is 5.67. The summed E-state index contributed by atoms with van der Waals surface area (Å²) in [6.45, 7) is 0. The van der Waals surface area contributed by atoms with Gasteiger partial charge in [0.2, 0.25) is 0 Å². The molecule has 0 amide bonds. The Morgan fingerprint density at radius 3 is 2.00 bits per heavy atom. The molecule has 30 valence electrons. The summed E-state index contributed by atoms with van der Waals surface area (Å²) in [6, 6.07) is 0. The first-order chi connectivity index (χ1) is 2.27. The Morgan fingerprint density at radius 1 is 1.80 bits per heavy atom. The van der Waals surface area contributed by atoms with Gasteiger partial charge < -0.3 is 0 Å². The van der Waals surface area contributed by atoms with E-state index in [1.54, 1.807) is 0 Å². The normalized spacial score (nSPS) is 12.2. The third-order valence-electron chi connectivity index (χ3n) is 0.0900. The summed E-state index contributed by atoms with van der Waals surface area (Å²) in [5, 5.41) is 0. The van der Waals surface area contributed by atoms with E-state index in [0.29, 0.717) is 4.36 Å². The average Bonchev–Trinajstić information content (AvgIpc) is 1.38. The van der Waals surface area contributed by atoms with Gasteiger partial charge in [0, 0.05) is 5.54 Å². The molecule has 0 heterocycles. The second-order valence-electron chi connectivity index (χ2n) is 0.432. The number of hydrogen-bond donors (Lipinski definition) is 1. The van der Waals surface area contributed by atoms with E-state index in [2.05, 4.69) is 12.6 Å². The molecule has 0 aliphatic rings. The van der Waals surface area contributed by atoms with Crippen LogP contribution in [0.1, 0.15) is 0 Å². The molecule has 0 N–H and O–H groups in total. The van der Waals surface area contributed by atoms with Gasteiger partial charge >= 0.3 is 0 Å². The molecule has 0 saturated heterocycles. The maximum absolute atomic E-state index is 5.06. The van der Waals surface area contributed by atoms with Crippen molar-refractivity contribution in [1.29, 1.82) is 0 Å². The minimum absolute atomic E-state index is 0.312. The molecule has 0 spiro atoms. The quantitative estimate of drug-likeness (QED) is 0.476. The van der Waals surface area contributed by atoms with Crippen molar-refractivity contribution in [2.45, 2.75) is 0 Å². The van der Waals surface area contributed by atoms with E-state index < -0.39 is 0 Å². The lowest BCUT2D eigenvalue weighted by molar-refractivity contribution is 2.41. The van der Waals surface area contributed by atoms with Crippen LogP contribution in [-0.2, 0) is 0 Å². The van der Waals surface area contributed by atoms with Crippen molar-refractivity contribution in [2.24, 2.45) is 0 Å². The fraction of sp³-hybridized carbons (Fsp3) is 0. The predicted molar refractivity (Wildman–Crippen MR) is 28.8 cm³/mol. The fourth-order valence-electron chi connectivity index (χ4n) is 0. The third kappa shape index (κ3) is 4.67. The average molecular weight is 129 g/mol. The van der Waals surface area contributed by atoms with Crippen LogP contribution in [0, 0.1) is 0 Å². The van der Waals surface area contributed by atoms with Crippen molar-refractivity contribution in [1.82, 2.24) is 0 Å². The molecule has 0 unspecified atom stereocenters. The highest BCUT2D eigenvalue weighted by Gasteiger charge is 1.67. The lowest BCUT2D eigenvalue weighted by Crippen LogP contribution is -1.34. The van der Waals surface area contributed by atoms with Gasteiger partial charge in [0.05, 0.1) is 4.36 Å². The van der Waals surface area contributed by atoms with E-state index in [0.717, 1.165) is 0 Å². The van der Waals surface area contributed by atoms with E-state index in [4.69, 9.17) is 23.2 Å². The van der Waals surface area contributed by atoms with Crippen molar-refractivity contribution < 1.29 is 0 Å². The fourth-order valence-corrected chi connectivity index (χ4v) is 0. The second-order valence-corrected chi connectivity index (χ2v) is 1.80. The molecule has 0 aromatic heterocycles. The number of halogens is 2. The monoisotopic (exact) mass is 128 g/mol. The molecule has 0 fully saturated rings. The Labute approximate surface area is 46.2 Å². The molecule has 0 aliphatic heterocycles. The lowest BCUT2D eigenvalue weighted by Gasteiger charge is -1.67. The molecule has 0 nitrogen and oxygen atoms in total. The molecule has 0 aliphatic carbocycles. The predicted octanol–water partition coefficient (Wildman–Crippen LogP) is 2.19. The maximum Gasteiger partial charge on any atom is 0.0817 e. The summed E-state index contributed by atoms with van der Waals surface area (Å²) in [7, 11) is 0. The zero-order chi connectivity index (χ0) is 4.28. The zero-order valence-electron chi connectivity index (χ0n) is 2.28.